The molecule has 0 aromatic heterocycles. The molecule has 1 fully saturated rings. The molecule has 2 amide bonds. The lowest BCUT2D eigenvalue weighted by molar-refractivity contribution is -0.116. The minimum absolute atomic E-state index is 0.0874. The molecule has 3 aromatic rings. The van der Waals surface area contributed by atoms with Gasteiger partial charge in [0, 0.05) is 24.4 Å². The van der Waals surface area contributed by atoms with Crippen LogP contribution < -0.4 is 10.6 Å². The summed E-state index contributed by atoms with van der Waals surface area (Å²) in [7, 11) is 0. The van der Waals surface area contributed by atoms with Crippen LogP contribution in [0.2, 0.25) is 0 Å². The number of nitrogens with one attached hydrogen (secondary N) is 2. The molecule has 0 radical (unpaired) electrons. The monoisotopic (exact) mass is 414 g/mol. The Morgan fingerprint density at radius 3 is 2.19 bits per heavy atom. The summed E-state index contributed by atoms with van der Waals surface area (Å²) in [6, 6.07) is 26.4. The fraction of sp³-hybridized carbons (Fsp3) is 0.231. The zero-order valence-corrected chi connectivity index (χ0v) is 17.3. The second kappa shape index (κ2) is 10.0. The molecule has 0 spiro atoms. The predicted octanol–water partition coefficient (Wildman–Crippen LogP) is 4.37. The van der Waals surface area contributed by atoms with Gasteiger partial charge in [-0.25, -0.2) is 0 Å². The van der Waals surface area contributed by atoms with E-state index in [9.17, 15) is 9.59 Å². The summed E-state index contributed by atoms with van der Waals surface area (Å²) in [4.78, 5) is 25.8. The fourth-order valence-electron chi connectivity index (χ4n) is 3.85. The van der Waals surface area contributed by atoms with E-state index >= 15 is 0 Å². The van der Waals surface area contributed by atoms with E-state index in [2.05, 4.69) is 10.6 Å². The summed E-state index contributed by atoms with van der Waals surface area (Å²) in [6.45, 7) is 1.26. The average molecular weight is 415 g/mol. The number of carbonyl (C=O) groups excluding carboxylic acids is 2. The maximum atomic E-state index is 13.3. The zero-order chi connectivity index (χ0) is 21.5. The number of hydrogen-bond acceptors (Lipinski definition) is 3. The number of rotatable bonds is 7. The summed E-state index contributed by atoms with van der Waals surface area (Å²) in [6.07, 6.45) is 2.09. The van der Waals surface area contributed by atoms with E-state index in [0.29, 0.717) is 17.8 Å². The van der Waals surface area contributed by atoms with Crippen molar-refractivity contribution in [3.05, 3.63) is 102 Å². The van der Waals surface area contributed by atoms with Gasteiger partial charge in [0.15, 0.2) is 0 Å². The Kier molecular flexibility index (Phi) is 6.75. The molecule has 5 heteroatoms. The van der Waals surface area contributed by atoms with Crippen molar-refractivity contribution in [2.75, 3.05) is 18.5 Å². The van der Waals surface area contributed by atoms with Gasteiger partial charge in [-0.15, -0.1) is 0 Å². The van der Waals surface area contributed by atoms with Crippen molar-refractivity contribution in [2.24, 2.45) is 0 Å². The molecule has 31 heavy (non-hydrogen) atoms. The molecule has 2 N–H and O–H groups in total. The van der Waals surface area contributed by atoms with E-state index in [1.54, 1.807) is 24.3 Å². The third kappa shape index (κ3) is 5.38. The van der Waals surface area contributed by atoms with E-state index in [-0.39, 0.29) is 17.9 Å². The molecule has 158 valence electrons. The Morgan fingerprint density at radius 2 is 1.58 bits per heavy atom. The number of ether oxygens (including phenoxy) is 1. The molecule has 0 unspecified atom stereocenters. The van der Waals surface area contributed by atoms with Crippen LogP contribution in [0.15, 0.2) is 84.9 Å². The third-order valence-electron chi connectivity index (χ3n) is 5.43. The Hall–Kier alpha value is -3.44. The van der Waals surface area contributed by atoms with Crippen LogP contribution in [0.5, 0.6) is 0 Å². The van der Waals surface area contributed by atoms with Gasteiger partial charge in [0.05, 0.1) is 12.0 Å². The Labute approximate surface area is 182 Å². The van der Waals surface area contributed by atoms with Gasteiger partial charge in [-0.2, -0.15) is 0 Å². The average Bonchev–Trinajstić information content (AvgIpc) is 3.33. The number of hydrogen-bond donors (Lipinski definition) is 2. The fourth-order valence-corrected chi connectivity index (χ4v) is 3.85. The topological polar surface area (TPSA) is 67.4 Å². The molecule has 1 aliphatic rings. The van der Waals surface area contributed by atoms with Gasteiger partial charge in [0.2, 0.25) is 5.91 Å². The van der Waals surface area contributed by atoms with Crippen molar-refractivity contribution in [3.63, 3.8) is 0 Å². The van der Waals surface area contributed by atoms with Crippen LogP contribution in [-0.2, 0) is 9.53 Å². The van der Waals surface area contributed by atoms with Gasteiger partial charge in [-0.1, -0.05) is 66.7 Å². The first-order valence-corrected chi connectivity index (χ1v) is 10.6. The van der Waals surface area contributed by atoms with Crippen molar-refractivity contribution in [3.8, 4) is 0 Å². The van der Waals surface area contributed by atoms with Crippen molar-refractivity contribution in [2.45, 2.75) is 24.9 Å². The molecule has 3 aromatic carbocycles. The van der Waals surface area contributed by atoms with E-state index < -0.39 is 5.92 Å². The summed E-state index contributed by atoms with van der Waals surface area (Å²) in [5.41, 5.74) is 2.92. The molecule has 0 bridgehead atoms. The standard InChI is InChI=1S/C26H26N2O3/c29-25(27-18-23-15-8-16-31-23)21-13-7-14-22(17-21)28-26(30)24(19-9-3-1-4-10-19)20-11-5-2-6-12-20/h1-7,9-14,17,23-24H,8,15-16,18H2,(H,27,29)(H,28,30)/t23-/m1/s1. The first-order valence-electron chi connectivity index (χ1n) is 10.6. The van der Waals surface area contributed by atoms with Crippen molar-refractivity contribution >= 4 is 17.5 Å². The molecule has 1 aliphatic heterocycles. The SMILES string of the molecule is O=C(NC[C@H]1CCCO1)c1cccc(NC(=O)C(c2ccccc2)c2ccccc2)c1. The molecule has 0 aliphatic carbocycles. The molecule has 5 nitrogen and oxygen atoms in total. The van der Waals surface area contributed by atoms with Crippen molar-refractivity contribution in [1.29, 1.82) is 0 Å². The second-order valence-corrected chi connectivity index (χ2v) is 7.67. The largest absolute Gasteiger partial charge is 0.376 e. The smallest absolute Gasteiger partial charge is 0.251 e. The van der Waals surface area contributed by atoms with Gasteiger partial charge in [-0.05, 0) is 42.2 Å². The molecular formula is C26H26N2O3. The van der Waals surface area contributed by atoms with E-state index in [1.807, 2.05) is 60.7 Å². The number of carbonyl (C=O) groups is 2. The van der Waals surface area contributed by atoms with E-state index in [0.717, 1.165) is 30.6 Å². The zero-order valence-electron chi connectivity index (χ0n) is 17.3. The first-order chi connectivity index (χ1) is 15.2. The predicted molar refractivity (Wildman–Crippen MR) is 121 cm³/mol. The van der Waals surface area contributed by atoms with Gasteiger partial charge < -0.3 is 15.4 Å². The molecule has 1 saturated heterocycles. The van der Waals surface area contributed by atoms with Crippen molar-refractivity contribution in [1.82, 2.24) is 5.32 Å². The number of amides is 2. The Morgan fingerprint density at radius 1 is 0.903 bits per heavy atom. The highest BCUT2D eigenvalue weighted by Gasteiger charge is 2.23. The van der Waals surface area contributed by atoms with Crippen LogP contribution >= 0.6 is 0 Å². The van der Waals surface area contributed by atoms with E-state index in [4.69, 9.17) is 4.74 Å². The maximum Gasteiger partial charge on any atom is 0.251 e. The molecular weight excluding hydrogens is 388 g/mol. The maximum absolute atomic E-state index is 13.3. The van der Waals surface area contributed by atoms with Crippen molar-refractivity contribution < 1.29 is 14.3 Å². The minimum Gasteiger partial charge on any atom is -0.376 e. The second-order valence-electron chi connectivity index (χ2n) is 7.67. The van der Waals surface area contributed by atoms with Crippen LogP contribution in [0.3, 0.4) is 0 Å². The summed E-state index contributed by atoms with van der Waals surface area (Å²) in [5.74, 6) is -0.761. The van der Waals surface area contributed by atoms with Gasteiger partial charge >= 0.3 is 0 Å². The van der Waals surface area contributed by atoms with Crippen LogP contribution in [0.4, 0.5) is 5.69 Å². The van der Waals surface area contributed by atoms with Crippen LogP contribution in [-0.4, -0.2) is 31.1 Å². The van der Waals surface area contributed by atoms with Gasteiger partial charge in [-0.3, -0.25) is 9.59 Å². The Bertz CT molecular complexity index is 976. The summed E-state index contributed by atoms with van der Waals surface area (Å²) < 4.78 is 5.55. The van der Waals surface area contributed by atoms with Crippen LogP contribution in [0.25, 0.3) is 0 Å². The molecule has 1 heterocycles. The normalized spacial score (nSPS) is 15.6. The third-order valence-corrected chi connectivity index (χ3v) is 5.43. The summed E-state index contributed by atoms with van der Waals surface area (Å²) in [5, 5.41) is 5.91. The number of anilines is 1. The molecule has 1 atom stereocenters. The van der Waals surface area contributed by atoms with Crippen LogP contribution in [0.1, 0.15) is 40.2 Å². The van der Waals surface area contributed by atoms with Crippen LogP contribution in [0, 0.1) is 0 Å². The number of benzene rings is 3. The van der Waals surface area contributed by atoms with Gasteiger partial charge in [0.1, 0.15) is 0 Å². The minimum atomic E-state index is -0.445. The molecule has 4 rings (SSSR count). The lowest BCUT2D eigenvalue weighted by Crippen LogP contribution is -2.31. The van der Waals surface area contributed by atoms with Gasteiger partial charge in [0.25, 0.3) is 5.91 Å². The highest BCUT2D eigenvalue weighted by molar-refractivity contribution is 6.00. The first kappa shape index (κ1) is 20.8. The summed E-state index contributed by atoms with van der Waals surface area (Å²) >= 11 is 0. The highest BCUT2D eigenvalue weighted by Crippen LogP contribution is 2.26. The lowest BCUT2D eigenvalue weighted by atomic mass is 9.90. The Balaban J connectivity index is 1.48. The van der Waals surface area contributed by atoms with E-state index in [1.165, 1.54) is 0 Å². The molecule has 0 saturated carbocycles. The lowest BCUT2D eigenvalue weighted by Gasteiger charge is -2.18. The quantitative estimate of drug-likeness (QED) is 0.603. The highest BCUT2D eigenvalue weighted by atomic mass is 16.5.